The first-order chi connectivity index (χ1) is 15.7. The van der Waals surface area contributed by atoms with E-state index in [0.29, 0.717) is 18.9 Å². The molecule has 0 saturated heterocycles. The second kappa shape index (κ2) is 9.05. The number of carbonyl (C=O) groups excluding carboxylic acids is 1. The molecule has 0 aliphatic carbocycles. The number of carbonyl (C=O) groups is 1. The van der Waals surface area contributed by atoms with Gasteiger partial charge in [-0.1, -0.05) is 77.1 Å². The molecule has 3 nitrogen and oxygen atoms in total. The molecule has 0 saturated carbocycles. The number of fused-ring (bicyclic) bond motifs is 1. The van der Waals surface area contributed by atoms with Crippen molar-refractivity contribution in [2.45, 2.75) is 65.3 Å². The van der Waals surface area contributed by atoms with Crippen LogP contribution in [0.4, 0.5) is 11.4 Å². The molecule has 172 valence electrons. The van der Waals surface area contributed by atoms with Gasteiger partial charge in [-0.3, -0.25) is 0 Å². The van der Waals surface area contributed by atoms with Crippen LogP contribution < -0.4 is 4.90 Å². The van der Waals surface area contributed by atoms with Gasteiger partial charge >= 0.3 is 5.97 Å². The lowest BCUT2D eigenvalue weighted by Crippen LogP contribution is -2.36. The molecule has 1 aliphatic rings. The van der Waals surface area contributed by atoms with Gasteiger partial charge in [0.25, 0.3) is 0 Å². The van der Waals surface area contributed by atoms with Crippen molar-refractivity contribution in [1.82, 2.24) is 0 Å². The Morgan fingerprint density at radius 2 is 1.61 bits per heavy atom. The molecule has 3 aromatic carbocycles. The molecule has 3 heteroatoms. The highest BCUT2D eigenvalue weighted by Crippen LogP contribution is 2.41. The highest BCUT2D eigenvalue weighted by Gasteiger charge is 2.36. The fraction of sp³-hybridized carbons (Fsp3) is 0.367. The van der Waals surface area contributed by atoms with Crippen molar-refractivity contribution in [2.24, 2.45) is 0 Å². The monoisotopic (exact) mass is 441 g/mol. The Hall–Kier alpha value is -3.07. The summed E-state index contributed by atoms with van der Waals surface area (Å²) in [6, 6.07) is 23.6. The van der Waals surface area contributed by atoms with E-state index in [9.17, 15) is 4.79 Å². The summed E-state index contributed by atoms with van der Waals surface area (Å²) in [6.45, 7) is 13.3. The lowest BCUT2D eigenvalue weighted by molar-refractivity contribution is -0.144. The maximum atomic E-state index is 12.9. The fourth-order valence-corrected chi connectivity index (χ4v) is 4.56. The van der Waals surface area contributed by atoms with Gasteiger partial charge in [0.15, 0.2) is 0 Å². The number of nitrogens with zero attached hydrogens (tertiary/aromatic N) is 1. The van der Waals surface area contributed by atoms with Gasteiger partial charge in [0.1, 0.15) is 6.04 Å². The molecule has 0 spiro atoms. The van der Waals surface area contributed by atoms with Crippen LogP contribution in [0.15, 0.2) is 66.7 Å². The Kier molecular flexibility index (Phi) is 6.34. The number of esters is 1. The van der Waals surface area contributed by atoms with E-state index in [0.717, 1.165) is 11.4 Å². The fourth-order valence-electron chi connectivity index (χ4n) is 4.56. The van der Waals surface area contributed by atoms with Crippen LogP contribution >= 0.6 is 0 Å². The van der Waals surface area contributed by atoms with Gasteiger partial charge in [0, 0.05) is 17.8 Å². The van der Waals surface area contributed by atoms with Crippen LogP contribution in [-0.4, -0.2) is 18.6 Å². The topological polar surface area (TPSA) is 29.5 Å². The molecule has 4 rings (SSSR count). The van der Waals surface area contributed by atoms with Crippen LogP contribution in [0.1, 0.15) is 64.2 Å². The third-order valence-electron chi connectivity index (χ3n) is 6.54. The van der Waals surface area contributed by atoms with Crippen molar-refractivity contribution >= 4 is 17.3 Å². The predicted molar refractivity (Wildman–Crippen MR) is 137 cm³/mol. The summed E-state index contributed by atoms with van der Waals surface area (Å²) in [4.78, 5) is 15.0. The Balaban J connectivity index is 1.70. The highest BCUT2D eigenvalue weighted by molar-refractivity contribution is 5.89. The largest absolute Gasteiger partial charge is 0.464 e. The molecule has 0 radical (unpaired) electrons. The van der Waals surface area contributed by atoms with Crippen molar-refractivity contribution in [1.29, 1.82) is 0 Å². The molecule has 1 atom stereocenters. The van der Waals surface area contributed by atoms with E-state index in [-0.39, 0.29) is 17.4 Å². The SMILES string of the molecule is CCOC(=O)C1Cc2cc(-c3ccc(C(C)(C)C)cc3)ccc2N1c1ccc(C(C)C)cc1. The summed E-state index contributed by atoms with van der Waals surface area (Å²) < 4.78 is 5.45. The van der Waals surface area contributed by atoms with Crippen molar-refractivity contribution in [3.63, 3.8) is 0 Å². The molecular weight excluding hydrogens is 406 g/mol. The van der Waals surface area contributed by atoms with E-state index in [4.69, 9.17) is 4.74 Å². The van der Waals surface area contributed by atoms with Gasteiger partial charge in [-0.25, -0.2) is 4.79 Å². The van der Waals surface area contributed by atoms with E-state index in [2.05, 4.69) is 106 Å². The number of benzene rings is 3. The average Bonchev–Trinajstić information content (AvgIpc) is 3.17. The third-order valence-corrected chi connectivity index (χ3v) is 6.54. The van der Waals surface area contributed by atoms with Gasteiger partial charge in [0.2, 0.25) is 0 Å². The molecule has 0 N–H and O–H groups in total. The average molecular weight is 442 g/mol. The minimum absolute atomic E-state index is 0.134. The van der Waals surface area contributed by atoms with Crippen molar-refractivity contribution in [3.8, 4) is 11.1 Å². The van der Waals surface area contributed by atoms with Gasteiger partial charge < -0.3 is 9.64 Å². The van der Waals surface area contributed by atoms with E-state index in [1.54, 1.807) is 0 Å². The molecule has 0 amide bonds. The van der Waals surface area contributed by atoms with Gasteiger partial charge in [-0.05, 0) is 70.3 Å². The summed E-state index contributed by atoms with van der Waals surface area (Å²) in [5.41, 5.74) is 8.41. The first-order valence-electron chi connectivity index (χ1n) is 12.0. The maximum absolute atomic E-state index is 12.9. The number of hydrogen-bond donors (Lipinski definition) is 0. The number of ether oxygens (including phenoxy) is 1. The molecule has 1 heterocycles. The lowest BCUT2D eigenvalue weighted by Gasteiger charge is -2.26. The summed E-state index contributed by atoms with van der Waals surface area (Å²) >= 11 is 0. The summed E-state index contributed by atoms with van der Waals surface area (Å²) in [5.74, 6) is 0.302. The quantitative estimate of drug-likeness (QED) is 0.386. The predicted octanol–water partition coefficient (Wildman–Crippen LogP) is 7.40. The standard InChI is InChI=1S/C30H35NO2/c1-7-33-29(32)28-19-24-18-23(22-8-13-25(14-9-22)30(4,5)6)12-17-27(24)31(28)26-15-10-21(11-16-26)20(2)3/h8-18,20,28H,7,19H2,1-6H3. The second-order valence-corrected chi connectivity index (χ2v) is 10.3. The van der Waals surface area contributed by atoms with Crippen LogP contribution in [-0.2, 0) is 21.4 Å². The Morgan fingerprint density at radius 3 is 2.18 bits per heavy atom. The number of anilines is 2. The number of hydrogen-bond acceptors (Lipinski definition) is 3. The van der Waals surface area contributed by atoms with Gasteiger partial charge in [-0.2, -0.15) is 0 Å². The minimum Gasteiger partial charge on any atom is -0.464 e. The Bertz CT molecular complexity index is 1120. The van der Waals surface area contributed by atoms with E-state index >= 15 is 0 Å². The van der Waals surface area contributed by atoms with E-state index < -0.39 is 0 Å². The van der Waals surface area contributed by atoms with E-state index in [1.807, 2.05) is 6.92 Å². The molecule has 0 aromatic heterocycles. The Morgan fingerprint density at radius 1 is 0.970 bits per heavy atom. The zero-order valence-corrected chi connectivity index (χ0v) is 20.7. The third kappa shape index (κ3) is 4.68. The molecule has 1 aliphatic heterocycles. The van der Waals surface area contributed by atoms with Gasteiger partial charge in [0.05, 0.1) is 6.61 Å². The van der Waals surface area contributed by atoms with Crippen molar-refractivity contribution in [2.75, 3.05) is 11.5 Å². The molecule has 0 bridgehead atoms. The molecule has 1 unspecified atom stereocenters. The van der Waals surface area contributed by atoms with Crippen LogP contribution in [0.5, 0.6) is 0 Å². The molecule has 0 fully saturated rings. The van der Waals surface area contributed by atoms with Crippen molar-refractivity contribution < 1.29 is 9.53 Å². The van der Waals surface area contributed by atoms with Crippen LogP contribution in [0.3, 0.4) is 0 Å². The smallest absolute Gasteiger partial charge is 0.329 e. The first kappa shape index (κ1) is 23.1. The Labute approximate surface area is 198 Å². The normalized spacial score (nSPS) is 15.6. The van der Waals surface area contributed by atoms with Crippen LogP contribution in [0, 0.1) is 0 Å². The molecule has 33 heavy (non-hydrogen) atoms. The summed E-state index contributed by atoms with van der Waals surface area (Å²) in [7, 11) is 0. The minimum atomic E-state index is -0.344. The summed E-state index contributed by atoms with van der Waals surface area (Å²) in [6.07, 6.45) is 0.647. The van der Waals surface area contributed by atoms with E-state index in [1.165, 1.54) is 27.8 Å². The molecule has 3 aromatic rings. The molecular formula is C30H35NO2. The zero-order valence-electron chi connectivity index (χ0n) is 20.7. The number of rotatable bonds is 5. The summed E-state index contributed by atoms with van der Waals surface area (Å²) in [5, 5.41) is 0. The maximum Gasteiger partial charge on any atom is 0.329 e. The lowest BCUT2D eigenvalue weighted by atomic mass is 9.86. The highest BCUT2D eigenvalue weighted by atomic mass is 16.5. The van der Waals surface area contributed by atoms with Crippen molar-refractivity contribution in [3.05, 3.63) is 83.4 Å². The van der Waals surface area contributed by atoms with Gasteiger partial charge in [-0.15, -0.1) is 0 Å². The van der Waals surface area contributed by atoms with Crippen LogP contribution in [0.2, 0.25) is 0 Å². The second-order valence-electron chi connectivity index (χ2n) is 10.3. The first-order valence-corrected chi connectivity index (χ1v) is 12.0. The van der Waals surface area contributed by atoms with Crippen LogP contribution in [0.25, 0.3) is 11.1 Å². The zero-order chi connectivity index (χ0) is 23.8.